The minimum absolute atomic E-state index is 0.0261. The van der Waals surface area contributed by atoms with Crippen LogP contribution in [0.1, 0.15) is 12.5 Å². The first kappa shape index (κ1) is 12.3. The number of nitrogens with one attached hydrogen (secondary N) is 1. The highest BCUT2D eigenvalue weighted by Gasteiger charge is 2.39. The van der Waals surface area contributed by atoms with Crippen molar-refractivity contribution in [2.45, 2.75) is 18.9 Å². The topological polar surface area (TPSA) is 96.2 Å². The number of hydrogen-bond donors (Lipinski definition) is 3. The molecule has 0 aliphatic heterocycles. The smallest absolute Gasteiger partial charge is 0.331 e. The normalized spacial score (nSPS) is 14.3. The summed E-state index contributed by atoms with van der Waals surface area (Å²) in [5, 5.41) is 10.0. The Kier molecular flexibility index (Phi) is 2.92. The number of carboxylic acid groups (broad SMARTS) is 1. The van der Waals surface area contributed by atoms with E-state index >= 15 is 0 Å². The summed E-state index contributed by atoms with van der Waals surface area (Å²) >= 11 is 0. The van der Waals surface area contributed by atoms with E-state index in [1.54, 1.807) is 6.20 Å². The molecule has 2 aromatic rings. The number of benzene rings is 1. The van der Waals surface area contributed by atoms with Gasteiger partial charge in [0, 0.05) is 23.5 Å². The first-order valence-corrected chi connectivity index (χ1v) is 5.53. The van der Waals surface area contributed by atoms with E-state index in [1.807, 2.05) is 24.3 Å². The molecule has 0 saturated carbocycles. The zero-order valence-corrected chi connectivity index (χ0v) is 9.93. The van der Waals surface area contributed by atoms with E-state index in [4.69, 9.17) is 10.8 Å². The number of aliphatic carboxylic acids is 1. The van der Waals surface area contributed by atoms with Crippen LogP contribution in [0.25, 0.3) is 10.9 Å². The van der Waals surface area contributed by atoms with Crippen molar-refractivity contribution < 1.29 is 14.7 Å². The average molecular weight is 246 g/mol. The van der Waals surface area contributed by atoms with E-state index in [2.05, 4.69) is 4.98 Å². The molecule has 0 aliphatic rings. The fourth-order valence-corrected chi connectivity index (χ4v) is 1.93. The maximum absolute atomic E-state index is 11.5. The molecule has 2 rings (SSSR count). The fraction of sp³-hybridized carbons (Fsp3) is 0.231. The van der Waals surface area contributed by atoms with Crippen molar-refractivity contribution in [2.75, 3.05) is 0 Å². The Morgan fingerprint density at radius 1 is 1.39 bits per heavy atom. The molecule has 4 N–H and O–H groups in total. The molecule has 0 bridgehead atoms. The number of nitrogens with two attached hydrogens (primary N) is 1. The lowest BCUT2D eigenvalue weighted by Gasteiger charge is -2.20. The largest absolute Gasteiger partial charge is 0.480 e. The molecule has 0 aliphatic carbocycles. The zero-order valence-electron chi connectivity index (χ0n) is 9.93. The molecule has 0 saturated heterocycles. The third-order valence-corrected chi connectivity index (χ3v) is 3.15. The van der Waals surface area contributed by atoms with Crippen LogP contribution in [0.4, 0.5) is 0 Å². The number of carboxylic acids is 1. The highest BCUT2D eigenvalue weighted by Crippen LogP contribution is 2.22. The van der Waals surface area contributed by atoms with Crippen LogP contribution < -0.4 is 5.73 Å². The number of hydrogen-bond acceptors (Lipinski definition) is 3. The van der Waals surface area contributed by atoms with E-state index < -0.39 is 17.3 Å². The maximum Gasteiger partial charge on any atom is 0.331 e. The van der Waals surface area contributed by atoms with E-state index in [1.165, 1.54) is 6.92 Å². The number of aromatic amines is 1. The van der Waals surface area contributed by atoms with Gasteiger partial charge in [0.15, 0.2) is 11.3 Å². The molecule has 1 aromatic heterocycles. The highest BCUT2D eigenvalue weighted by atomic mass is 16.4. The van der Waals surface area contributed by atoms with Crippen LogP contribution in [-0.4, -0.2) is 27.4 Å². The van der Waals surface area contributed by atoms with Crippen LogP contribution >= 0.6 is 0 Å². The molecule has 0 fully saturated rings. The van der Waals surface area contributed by atoms with Crippen molar-refractivity contribution in [1.82, 2.24) is 4.98 Å². The molecule has 94 valence electrons. The van der Waals surface area contributed by atoms with Crippen molar-refractivity contribution >= 4 is 22.7 Å². The quantitative estimate of drug-likeness (QED) is 0.703. The number of carbonyl (C=O) groups excluding carboxylic acids is 1. The van der Waals surface area contributed by atoms with Gasteiger partial charge >= 0.3 is 5.97 Å². The number of carbonyl (C=O) groups is 2. The molecule has 0 spiro atoms. The molecule has 1 heterocycles. The lowest BCUT2D eigenvalue weighted by molar-refractivity contribution is -0.147. The molecule has 5 heteroatoms. The summed E-state index contributed by atoms with van der Waals surface area (Å²) in [6, 6.07) is 7.47. The molecule has 0 radical (unpaired) electrons. The van der Waals surface area contributed by atoms with E-state index in [0.717, 1.165) is 16.5 Å². The summed E-state index contributed by atoms with van der Waals surface area (Å²) in [4.78, 5) is 25.7. The zero-order chi connectivity index (χ0) is 13.3. The summed E-state index contributed by atoms with van der Waals surface area (Å²) in [5.74, 6) is -1.86. The van der Waals surface area contributed by atoms with Crippen molar-refractivity contribution in [3.05, 3.63) is 36.0 Å². The second-order valence-electron chi connectivity index (χ2n) is 4.37. The van der Waals surface area contributed by atoms with Crippen molar-refractivity contribution in [3.63, 3.8) is 0 Å². The predicted octanol–water partition coefficient (Wildman–Crippen LogP) is 1.08. The van der Waals surface area contributed by atoms with Gasteiger partial charge < -0.3 is 15.8 Å². The van der Waals surface area contributed by atoms with Gasteiger partial charge in [-0.05, 0) is 18.6 Å². The molecule has 0 amide bonds. The molecular formula is C13H14N2O3. The summed E-state index contributed by atoms with van der Waals surface area (Å²) < 4.78 is 0. The van der Waals surface area contributed by atoms with E-state index in [0.29, 0.717) is 0 Å². The highest BCUT2D eigenvalue weighted by molar-refractivity contribution is 6.07. The van der Waals surface area contributed by atoms with Crippen LogP contribution in [-0.2, 0) is 16.0 Å². The molecule has 1 atom stereocenters. The van der Waals surface area contributed by atoms with Gasteiger partial charge in [0.25, 0.3) is 0 Å². The number of para-hydroxylation sites is 1. The first-order valence-electron chi connectivity index (χ1n) is 5.53. The van der Waals surface area contributed by atoms with Crippen molar-refractivity contribution in [2.24, 2.45) is 5.73 Å². The third-order valence-electron chi connectivity index (χ3n) is 3.15. The SMILES string of the molecule is CC(=O)C(N)(Cc1c[nH]c2ccccc12)C(=O)O. The summed E-state index contributed by atoms with van der Waals surface area (Å²) in [7, 11) is 0. The van der Waals surface area contributed by atoms with Crippen molar-refractivity contribution in [3.8, 4) is 0 Å². The van der Waals surface area contributed by atoms with Crippen LogP contribution in [0.5, 0.6) is 0 Å². The summed E-state index contributed by atoms with van der Waals surface area (Å²) in [6.45, 7) is 1.20. The Bertz CT molecular complexity index is 601. The van der Waals surface area contributed by atoms with E-state index in [9.17, 15) is 9.59 Å². The number of Topliss-reactive ketones (excluding diaryl/α,β-unsaturated/α-hetero) is 1. The summed E-state index contributed by atoms with van der Waals surface area (Å²) in [5.41, 5.74) is 5.45. The van der Waals surface area contributed by atoms with Crippen LogP contribution in [0, 0.1) is 0 Å². The molecular weight excluding hydrogens is 232 g/mol. The van der Waals surface area contributed by atoms with Gasteiger partial charge in [-0.3, -0.25) is 4.79 Å². The number of fused-ring (bicyclic) bond motifs is 1. The van der Waals surface area contributed by atoms with E-state index in [-0.39, 0.29) is 6.42 Å². The predicted molar refractivity (Wildman–Crippen MR) is 67.2 cm³/mol. The Morgan fingerprint density at radius 3 is 2.67 bits per heavy atom. The Balaban J connectivity index is 2.44. The van der Waals surface area contributed by atoms with Crippen LogP contribution in [0.3, 0.4) is 0 Å². The maximum atomic E-state index is 11.5. The van der Waals surface area contributed by atoms with Gasteiger partial charge in [0.1, 0.15) is 0 Å². The lowest BCUT2D eigenvalue weighted by Crippen LogP contribution is -2.55. The standard InChI is InChI=1S/C13H14N2O3/c1-8(16)13(14,12(17)18)6-9-7-15-11-5-3-2-4-10(9)11/h2-5,7,15H,6,14H2,1H3,(H,17,18). The molecule has 18 heavy (non-hydrogen) atoms. The number of rotatable bonds is 4. The third kappa shape index (κ3) is 1.89. The Hall–Kier alpha value is -2.14. The van der Waals surface area contributed by atoms with Crippen LogP contribution in [0.15, 0.2) is 30.5 Å². The number of aromatic nitrogens is 1. The second kappa shape index (κ2) is 4.27. The minimum Gasteiger partial charge on any atom is -0.480 e. The summed E-state index contributed by atoms with van der Waals surface area (Å²) in [6.07, 6.45) is 1.67. The van der Waals surface area contributed by atoms with Gasteiger partial charge in [0.2, 0.25) is 0 Å². The number of H-pyrrole nitrogens is 1. The fourth-order valence-electron chi connectivity index (χ4n) is 1.93. The second-order valence-corrected chi connectivity index (χ2v) is 4.37. The first-order chi connectivity index (χ1) is 8.45. The monoisotopic (exact) mass is 246 g/mol. The lowest BCUT2D eigenvalue weighted by atomic mass is 9.88. The van der Waals surface area contributed by atoms with Gasteiger partial charge in [-0.25, -0.2) is 4.79 Å². The van der Waals surface area contributed by atoms with Gasteiger partial charge in [-0.1, -0.05) is 18.2 Å². The van der Waals surface area contributed by atoms with Gasteiger partial charge in [-0.15, -0.1) is 0 Å². The molecule has 5 nitrogen and oxygen atoms in total. The molecule has 1 unspecified atom stereocenters. The van der Waals surface area contributed by atoms with Gasteiger partial charge in [-0.2, -0.15) is 0 Å². The minimum atomic E-state index is -1.87. The van der Waals surface area contributed by atoms with Crippen LogP contribution in [0.2, 0.25) is 0 Å². The van der Waals surface area contributed by atoms with Gasteiger partial charge in [0.05, 0.1) is 0 Å². The number of ketones is 1. The Morgan fingerprint density at radius 2 is 2.06 bits per heavy atom. The Labute approximate surface area is 104 Å². The van der Waals surface area contributed by atoms with Crippen molar-refractivity contribution in [1.29, 1.82) is 0 Å². The average Bonchev–Trinajstić information content (AvgIpc) is 2.72. The molecule has 1 aromatic carbocycles.